The monoisotopic (exact) mass is 372 g/mol. The van der Waals surface area contributed by atoms with E-state index in [9.17, 15) is 14.7 Å². The van der Waals surface area contributed by atoms with Gasteiger partial charge < -0.3 is 10.0 Å². The molecule has 1 aliphatic rings. The van der Waals surface area contributed by atoms with Crippen LogP contribution in [0.25, 0.3) is 0 Å². The van der Waals surface area contributed by atoms with Crippen LogP contribution < -0.4 is 0 Å². The Labute approximate surface area is 157 Å². The van der Waals surface area contributed by atoms with E-state index in [1.807, 2.05) is 17.5 Å². The van der Waals surface area contributed by atoms with Crippen LogP contribution in [0.15, 0.2) is 47.8 Å². The molecule has 2 heterocycles. The number of amides is 1. The number of aliphatic carboxylic acids is 1. The maximum atomic E-state index is 12.6. The molecule has 0 aliphatic carbocycles. The molecule has 1 fully saturated rings. The molecule has 26 heavy (non-hydrogen) atoms. The van der Waals surface area contributed by atoms with Crippen molar-refractivity contribution in [3.8, 4) is 0 Å². The van der Waals surface area contributed by atoms with Gasteiger partial charge in [-0.25, -0.2) is 4.79 Å². The standard InChI is InChI=1S/C20H24N2O3S/c1-21(19(20(24)25)17-8-5-13-26-17)18(23)14-22-11-9-16(10-12-22)15-6-3-2-4-7-15/h2-8,13,16,19H,9-12,14H2,1H3,(H,24,25)/t19-/m1/s1. The second kappa shape index (κ2) is 8.47. The zero-order valence-corrected chi connectivity index (χ0v) is 15.7. The lowest BCUT2D eigenvalue weighted by Crippen LogP contribution is -2.44. The number of piperidine rings is 1. The molecule has 1 amide bonds. The van der Waals surface area contributed by atoms with E-state index >= 15 is 0 Å². The molecule has 1 N–H and O–H groups in total. The van der Waals surface area contributed by atoms with Crippen LogP contribution in [0.1, 0.15) is 35.2 Å². The number of hydrogen-bond donors (Lipinski definition) is 1. The largest absolute Gasteiger partial charge is 0.479 e. The van der Waals surface area contributed by atoms with Crippen LogP contribution in [0, 0.1) is 0 Å². The van der Waals surface area contributed by atoms with E-state index in [1.54, 1.807) is 13.1 Å². The highest BCUT2D eigenvalue weighted by Crippen LogP contribution is 2.28. The van der Waals surface area contributed by atoms with Crippen molar-refractivity contribution in [3.63, 3.8) is 0 Å². The van der Waals surface area contributed by atoms with Crippen molar-refractivity contribution in [2.45, 2.75) is 24.8 Å². The first-order valence-electron chi connectivity index (χ1n) is 8.85. The number of carboxylic acids is 1. The molecule has 5 nitrogen and oxygen atoms in total. The minimum atomic E-state index is -0.994. The van der Waals surface area contributed by atoms with Crippen LogP contribution in [-0.2, 0) is 9.59 Å². The third kappa shape index (κ3) is 4.31. The summed E-state index contributed by atoms with van der Waals surface area (Å²) in [6, 6.07) is 13.1. The number of thiophene rings is 1. The fourth-order valence-electron chi connectivity index (χ4n) is 3.52. The van der Waals surface area contributed by atoms with E-state index < -0.39 is 12.0 Å². The van der Waals surface area contributed by atoms with Gasteiger partial charge in [-0.2, -0.15) is 0 Å². The van der Waals surface area contributed by atoms with Gasteiger partial charge in [-0.3, -0.25) is 9.69 Å². The summed E-state index contributed by atoms with van der Waals surface area (Å²) in [4.78, 5) is 28.4. The van der Waals surface area contributed by atoms with Gasteiger partial charge in [0.2, 0.25) is 5.91 Å². The summed E-state index contributed by atoms with van der Waals surface area (Å²) in [5, 5.41) is 11.4. The average molecular weight is 372 g/mol. The summed E-state index contributed by atoms with van der Waals surface area (Å²) in [7, 11) is 1.58. The van der Waals surface area contributed by atoms with E-state index in [1.165, 1.54) is 21.8 Å². The number of rotatable bonds is 6. The topological polar surface area (TPSA) is 60.9 Å². The first-order valence-corrected chi connectivity index (χ1v) is 9.73. The SMILES string of the molecule is CN(C(=O)CN1CCC(c2ccccc2)CC1)[C@@H](C(=O)O)c1cccs1. The average Bonchev–Trinajstić information content (AvgIpc) is 3.17. The molecule has 1 saturated heterocycles. The van der Waals surface area contributed by atoms with Crippen LogP contribution in [0.5, 0.6) is 0 Å². The number of carboxylic acid groups (broad SMARTS) is 1. The van der Waals surface area contributed by atoms with Gasteiger partial charge in [-0.15, -0.1) is 11.3 Å². The summed E-state index contributed by atoms with van der Waals surface area (Å²) in [5.74, 6) is -0.604. The number of nitrogens with zero attached hydrogens (tertiary/aromatic N) is 2. The van der Waals surface area contributed by atoms with Crippen molar-refractivity contribution >= 4 is 23.2 Å². The summed E-state index contributed by atoms with van der Waals surface area (Å²) >= 11 is 1.36. The van der Waals surface area contributed by atoms with Crippen molar-refractivity contribution in [2.24, 2.45) is 0 Å². The van der Waals surface area contributed by atoms with Crippen LogP contribution in [-0.4, -0.2) is 53.5 Å². The maximum absolute atomic E-state index is 12.6. The van der Waals surface area contributed by atoms with E-state index in [2.05, 4.69) is 29.2 Å². The van der Waals surface area contributed by atoms with E-state index in [4.69, 9.17) is 0 Å². The molecule has 1 aromatic carbocycles. The molecule has 2 aromatic rings. The van der Waals surface area contributed by atoms with Gasteiger partial charge in [0.05, 0.1) is 6.54 Å². The maximum Gasteiger partial charge on any atom is 0.331 e. The number of hydrogen-bond acceptors (Lipinski definition) is 4. The number of carbonyl (C=O) groups is 2. The Kier molecular flexibility index (Phi) is 6.06. The minimum absolute atomic E-state index is 0.149. The minimum Gasteiger partial charge on any atom is -0.479 e. The van der Waals surface area contributed by atoms with E-state index in [0.29, 0.717) is 10.8 Å². The highest BCUT2D eigenvalue weighted by molar-refractivity contribution is 7.10. The predicted octanol–water partition coefficient (Wildman–Crippen LogP) is 3.21. The second-order valence-corrected chi connectivity index (χ2v) is 7.70. The zero-order chi connectivity index (χ0) is 18.5. The summed E-state index contributed by atoms with van der Waals surface area (Å²) < 4.78 is 0. The van der Waals surface area contributed by atoms with E-state index in [-0.39, 0.29) is 12.5 Å². The third-order valence-corrected chi connectivity index (χ3v) is 5.97. The van der Waals surface area contributed by atoms with Crippen molar-refractivity contribution in [1.29, 1.82) is 0 Å². The molecule has 138 valence electrons. The molecular formula is C20H24N2O3S. The quantitative estimate of drug-likeness (QED) is 0.846. The van der Waals surface area contributed by atoms with Crippen molar-refractivity contribution in [1.82, 2.24) is 9.80 Å². The molecule has 0 radical (unpaired) electrons. The number of benzene rings is 1. The Morgan fingerprint density at radius 1 is 1.19 bits per heavy atom. The smallest absolute Gasteiger partial charge is 0.331 e. The van der Waals surface area contributed by atoms with Crippen LogP contribution in [0.4, 0.5) is 0 Å². The summed E-state index contributed by atoms with van der Waals surface area (Å²) in [6.45, 7) is 1.99. The van der Waals surface area contributed by atoms with Gasteiger partial charge in [-0.05, 0) is 48.9 Å². The third-order valence-electron chi connectivity index (χ3n) is 5.04. The van der Waals surface area contributed by atoms with Gasteiger partial charge in [0.15, 0.2) is 6.04 Å². The Hall–Kier alpha value is -2.18. The van der Waals surface area contributed by atoms with Gasteiger partial charge >= 0.3 is 5.97 Å². The lowest BCUT2D eigenvalue weighted by molar-refractivity contribution is -0.149. The van der Waals surface area contributed by atoms with Crippen molar-refractivity contribution in [2.75, 3.05) is 26.7 Å². The number of carbonyl (C=O) groups excluding carboxylic acids is 1. The van der Waals surface area contributed by atoms with E-state index in [0.717, 1.165) is 25.9 Å². The molecule has 0 spiro atoms. The molecule has 6 heteroatoms. The second-order valence-electron chi connectivity index (χ2n) is 6.72. The molecule has 0 unspecified atom stereocenters. The van der Waals surface area contributed by atoms with Crippen LogP contribution in [0.2, 0.25) is 0 Å². The van der Waals surface area contributed by atoms with Crippen molar-refractivity contribution < 1.29 is 14.7 Å². The molecule has 3 rings (SSSR count). The Morgan fingerprint density at radius 2 is 1.88 bits per heavy atom. The van der Waals surface area contributed by atoms with Crippen LogP contribution in [0.3, 0.4) is 0 Å². The predicted molar refractivity (Wildman–Crippen MR) is 102 cm³/mol. The summed E-state index contributed by atoms with van der Waals surface area (Å²) in [5.41, 5.74) is 1.36. The molecule has 0 bridgehead atoms. The fraction of sp³-hybridized carbons (Fsp3) is 0.400. The molecule has 1 aliphatic heterocycles. The normalized spacial score (nSPS) is 17.0. The Balaban J connectivity index is 1.56. The highest BCUT2D eigenvalue weighted by Gasteiger charge is 2.30. The Morgan fingerprint density at radius 3 is 2.46 bits per heavy atom. The first kappa shape index (κ1) is 18.6. The fourth-order valence-corrected chi connectivity index (χ4v) is 4.38. The zero-order valence-electron chi connectivity index (χ0n) is 14.9. The number of likely N-dealkylation sites (tertiary alicyclic amines) is 1. The van der Waals surface area contributed by atoms with Gasteiger partial charge in [0.25, 0.3) is 0 Å². The van der Waals surface area contributed by atoms with Gasteiger partial charge in [-0.1, -0.05) is 36.4 Å². The molecule has 0 saturated carbocycles. The lowest BCUT2D eigenvalue weighted by Gasteiger charge is -2.33. The Bertz CT molecular complexity index is 725. The van der Waals surface area contributed by atoms with Crippen LogP contribution >= 0.6 is 11.3 Å². The molecule has 1 aromatic heterocycles. The molecular weight excluding hydrogens is 348 g/mol. The lowest BCUT2D eigenvalue weighted by atomic mass is 9.89. The summed E-state index contributed by atoms with van der Waals surface area (Å²) in [6.07, 6.45) is 2.04. The van der Waals surface area contributed by atoms with Gasteiger partial charge in [0.1, 0.15) is 0 Å². The van der Waals surface area contributed by atoms with Crippen molar-refractivity contribution in [3.05, 3.63) is 58.3 Å². The highest BCUT2D eigenvalue weighted by atomic mass is 32.1. The van der Waals surface area contributed by atoms with Gasteiger partial charge in [0, 0.05) is 11.9 Å². The first-order chi connectivity index (χ1) is 12.6. The molecule has 1 atom stereocenters. The number of likely N-dealkylation sites (N-methyl/N-ethyl adjacent to an activating group) is 1.